The predicted molar refractivity (Wildman–Crippen MR) is 89.5 cm³/mol. The summed E-state index contributed by atoms with van der Waals surface area (Å²) in [6, 6.07) is 11.2. The van der Waals surface area contributed by atoms with Gasteiger partial charge in [-0.1, -0.05) is 44.2 Å². The molecule has 0 saturated heterocycles. The van der Waals surface area contributed by atoms with Crippen molar-refractivity contribution >= 4 is 0 Å². The largest absolute Gasteiger partial charge is 0.377 e. The molecule has 1 aliphatic carbocycles. The summed E-state index contributed by atoms with van der Waals surface area (Å²) in [5.41, 5.74) is 1.41. The highest BCUT2D eigenvalue weighted by atomic mass is 16.5. The van der Waals surface area contributed by atoms with Crippen molar-refractivity contribution in [3.63, 3.8) is 0 Å². The summed E-state index contributed by atoms with van der Waals surface area (Å²) in [6.07, 6.45) is 6.44. The molecule has 1 fully saturated rings. The molecule has 3 unspecified atom stereocenters. The van der Waals surface area contributed by atoms with E-state index in [9.17, 15) is 0 Å². The summed E-state index contributed by atoms with van der Waals surface area (Å²) in [5.74, 6) is 1.60. The minimum absolute atomic E-state index is 0.395. The van der Waals surface area contributed by atoms with E-state index < -0.39 is 0 Å². The maximum atomic E-state index is 6.23. The minimum atomic E-state index is 0.395. The lowest BCUT2D eigenvalue weighted by molar-refractivity contribution is -0.0156. The number of aryl methyl sites for hydroxylation is 1. The molecule has 118 valence electrons. The Labute approximate surface area is 130 Å². The Morgan fingerprint density at radius 1 is 1.19 bits per heavy atom. The maximum Gasteiger partial charge on any atom is 0.0730 e. The van der Waals surface area contributed by atoms with E-state index in [-0.39, 0.29) is 0 Å². The van der Waals surface area contributed by atoms with Crippen molar-refractivity contribution in [2.24, 2.45) is 11.8 Å². The second-order valence-electron chi connectivity index (χ2n) is 6.71. The van der Waals surface area contributed by atoms with Crippen molar-refractivity contribution in [1.29, 1.82) is 0 Å². The van der Waals surface area contributed by atoms with Crippen LogP contribution in [0.25, 0.3) is 0 Å². The quantitative estimate of drug-likeness (QED) is 0.765. The zero-order valence-corrected chi connectivity index (χ0v) is 13.8. The van der Waals surface area contributed by atoms with Gasteiger partial charge in [0.2, 0.25) is 0 Å². The molecule has 0 aromatic heterocycles. The van der Waals surface area contributed by atoms with Crippen molar-refractivity contribution in [2.75, 3.05) is 13.7 Å². The van der Waals surface area contributed by atoms with Gasteiger partial charge in [-0.3, -0.25) is 0 Å². The Morgan fingerprint density at radius 3 is 2.62 bits per heavy atom. The summed E-state index contributed by atoms with van der Waals surface area (Å²) < 4.78 is 6.23. The minimum Gasteiger partial charge on any atom is -0.377 e. The lowest BCUT2D eigenvalue weighted by Crippen LogP contribution is -2.45. The Bertz CT molecular complexity index is 390. The van der Waals surface area contributed by atoms with Gasteiger partial charge in [-0.2, -0.15) is 0 Å². The molecule has 0 spiro atoms. The molecule has 0 bridgehead atoms. The number of ether oxygens (including phenoxy) is 1. The fourth-order valence-corrected chi connectivity index (χ4v) is 3.44. The van der Waals surface area contributed by atoms with Crippen LogP contribution in [-0.2, 0) is 11.2 Å². The summed E-state index contributed by atoms with van der Waals surface area (Å²) >= 11 is 0. The molecule has 0 heterocycles. The summed E-state index contributed by atoms with van der Waals surface area (Å²) in [7, 11) is 2.07. The Kier molecular flexibility index (Phi) is 6.72. The molecule has 0 amide bonds. The first-order valence-electron chi connectivity index (χ1n) is 8.53. The van der Waals surface area contributed by atoms with Gasteiger partial charge in [0.15, 0.2) is 0 Å². The van der Waals surface area contributed by atoms with Gasteiger partial charge < -0.3 is 10.1 Å². The SMILES string of the molecule is CNC1CCC(C(C)C)CC1OCCCc1ccccc1. The first-order chi connectivity index (χ1) is 10.2. The van der Waals surface area contributed by atoms with Crippen molar-refractivity contribution in [1.82, 2.24) is 5.32 Å². The summed E-state index contributed by atoms with van der Waals surface area (Å²) in [5, 5.41) is 3.45. The van der Waals surface area contributed by atoms with Crippen LogP contribution in [0.2, 0.25) is 0 Å². The van der Waals surface area contributed by atoms with E-state index in [0.717, 1.165) is 31.3 Å². The van der Waals surface area contributed by atoms with Gasteiger partial charge in [0.05, 0.1) is 6.10 Å². The van der Waals surface area contributed by atoms with Crippen molar-refractivity contribution in [2.45, 2.75) is 58.1 Å². The van der Waals surface area contributed by atoms with E-state index in [2.05, 4.69) is 56.5 Å². The zero-order valence-electron chi connectivity index (χ0n) is 13.8. The molecule has 0 radical (unpaired) electrons. The first-order valence-corrected chi connectivity index (χ1v) is 8.53. The summed E-state index contributed by atoms with van der Waals surface area (Å²) in [6.45, 7) is 5.57. The first kappa shape index (κ1) is 16.5. The van der Waals surface area contributed by atoms with Gasteiger partial charge >= 0.3 is 0 Å². The van der Waals surface area contributed by atoms with Crippen LogP contribution < -0.4 is 5.32 Å². The van der Waals surface area contributed by atoms with Gasteiger partial charge in [-0.05, 0) is 56.6 Å². The van der Waals surface area contributed by atoms with E-state index in [1.54, 1.807) is 0 Å². The molecule has 1 aliphatic rings. The normalized spacial score (nSPS) is 26.2. The molecule has 2 nitrogen and oxygen atoms in total. The molecule has 2 rings (SSSR count). The molecular formula is C19H31NO. The molecule has 2 heteroatoms. The molecular weight excluding hydrogens is 258 g/mol. The standard InChI is InChI=1S/C19H31NO/c1-15(2)17-11-12-18(20-3)19(14-17)21-13-7-10-16-8-5-4-6-9-16/h4-6,8-9,15,17-20H,7,10-14H2,1-3H3. The molecule has 21 heavy (non-hydrogen) atoms. The summed E-state index contributed by atoms with van der Waals surface area (Å²) in [4.78, 5) is 0. The van der Waals surface area contributed by atoms with Crippen LogP contribution in [0.1, 0.15) is 45.1 Å². The number of rotatable bonds is 7. The highest BCUT2D eigenvalue weighted by molar-refractivity contribution is 5.14. The average molecular weight is 289 g/mol. The van der Waals surface area contributed by atoms with Crippen molar-refractivity contribution in [3.8, 4) is 0 Å². The van der Waals surface area contributed by atoms with Crippen LogP contribution in [-0.4, -0.2) is 25.8 Å². The Balaban J connectivity index is 1.74. The van der Waals surface area contributed by atoms with E-state index >= 15 is 0 Å². The fraction of sp³-hybridized carbons (Fsp3) is 0.684. The lowest BCUT2D eigenvalue weighted by Gasteiger charge is -2.37. The Hall–Kier alpha value is -0.860. The number of likely N-dealkylation sites (N-methyl/N-ethyl adjacent to an activating group) is 1. The van der Waals surface area contributed by atoms with Gasteiger partial charge in [0, 0.05) is 12.6 Å². The van der Waals surface area contributed by atoms with Crippen molar-refractivity contribution < 1.29 is 4.74 Å². The number of nitrogens with one attached hydrogen (secondary N) is 1. The lowest BCUT2D eigenvalue weighted by atomic mass is 9.78. The predicted octanol–water partition coefficient (Wildman–Crippen LogP) is 4.05. The zero-order chi connectivity index (χ0) is 15.1. The number of hydrogen-bond donors (Lipinski definition) is 1. The molecule has 1 saturated carbocycles. The van der Waals surface area contributed by atoms with E-state index in [0.29, 0.717) is 12.1 Å². The topological polar surface area (TPSA) is 21.3 Å². The van der Waals surface area contributed by atoms with Crippen molar-refractivity contribution in [3.05, 3.63) is 35.9 Å². The van der Waals surface area contributed by atoms with Crippen LogP contribution in [0.15, 0.2) is 30.3 Å². The van der Waals surface area contributed by atoms with Crippen LogP contribution in [0.5, 0.6) is 0 Å². The van der Waals surface area contributed by atoms with Gasteiger partial charge in [-0.25, -0.2) is 0 Å². The molecule has 3 atom stereocenters. The maximum absolute atomic E-state index is 6.23. The van der Waals surface area contributed by atoms with Crippen LogP contribution >= 0.6 is 0 Å². The van der Waals surface area contributed by atoms with E-state index in [1.165, 1.54) is 24.8 Å². The van der Waals surface area contributed by atoms with Crippen LogP contribution in [0.4, 0.5) is 0 Å². The third-order valence-corrected chi connectivity index (χ3v) is 4.93. The highest BCUT2D eigenvalue weighted by Crippen LogP contribution is 2.31. The molecule has 1 N–H and O–H groups in total. The smallest absolute Gasteiger partial charge is 0.0730 e. The van der Waals surface area contributed by atoms with Crippen LogP contribution in [0.3, 0.4) is 0 Å². The fourth-order valence-electron chi connectivity index (χ4n) is 3.44. The second kappa shape index (κ2) is 8.55. The number of benzene rings is 1. The Morgan fingerprint density at radius 2 is 1.95 bits per heavy atom. The molecule has 1 aromatic rings. The highest BCUT2D eigenvalue weighted by Gasteiger charge is 2.31. The second-order valence-corrected chi connectivity index (χ2v) is 6.71. The molecule has 0 aliphatic heterocycles. The van der Waals surface area contributed by atoms with Gasteiger partial charge in [0.1, 0.15) is 0 Å². The number of hydrogen-bond acceptors (Lipinski definition) is 2. The monoisotopic (exact) mass is 289 g/mol. The third kappa shape index (κ3) is 5.12. The van der Waals surface area contributed by atoms with Gasteiger partial charge in [0.25, 0.3) is 0 Å². The third-order valence-electron chi connectivity index (χ3n) is 4.93. The van der Waals surface area contributed by atoms with E-state index in [4.69, 9.17) is 4.74 Å². The van der Waals surface area contributed by atoms with E-state index in [1.807, 2.05) is 0 Å². The van der Waals surface area contributed by atoms with Gasteiger partial charge in [-0.15, -0.1) is 0 Å². The van der Waals surface area contributed by atoms with Crippen LogP contribution in [0, 0.1) is 11.8 Å². The molecule has 1 aromatic carbocycles. The average Bonchev–Trinajstić information content (AvgIpc) is 2.52.